The van der Waals surface area contributed by atoms with Gasteiger partial charge in [-0.05, 0) is 17.9 Å². The lowest BCUT2D eigenvalue weighted by Crippen LogP contribution is -2.76. The molecule has 1 aromatic carbocycles. The smallest absolute Gasteiger partial charge is 0.290 e. The molecule has 7 heteroatoms. The number of hydrogen-bond acceptors (Lipinski definition) is 5. The second-order valence-electron chi connectivity index (χ2n) is 7.07. The van der Waals surface area contributed by atoms with E-state index in [0.717, 1.165) is 11.1 Å². The predicted octanol–water partition coefficient (Wildman–Crippen LogP) is 0.965. The van der Waals surface area contributed by atoms with E-state index in [1.807, 2.05) is 30.5 Å². The quantitative estimate of drug-likeness (QED) is 0.770. The number of nitrogens with one attached hydrogen (secondary N) is 1. The molecule has 1 aliphatic carbocycles. The van der Waals surface area contributed by atoms with Crippen molar-refractivity contribution >= 4 is 23.6 Å². The minimum absolute atomic E-state index is 0.250. The maximum Gasteiger partial charge on any atom is 0.290 e. The number of piperazine rings is 1. The van der Waals surface area contributed by atoms with E-state index in [1.165, 1.54) is 11.8 Å². The number of carbonyl (C=O) groups excluding carboxylic acids is 2. The molecular weight excluding hydrogens is 352 g/mol. The number of fused-ring (bicyclic) bond motifs is 4. The van der Waals surface area contributed by atoms with Gasteiger partial charge < -0.3 is 20.1 Å². The average Bonchev–Trinajstić information content (AvgIpc) is 3.17. The van der Waals surface area contributed by atoms with Crippen molar-refractivity contribution in [2.45, 2.75) is 35.6 Å². The van der Waals surface area contributed by atoms with E-state index in [4.69, 9.17) is 4.74 Å². The first-order valence-corrected chi connectivity index (χ1v) is 9.77. The van der Waals surface area contributed by atoms with Crippen LogP contribution in [0.4, 0.5) is 0 Å². The molecule has 6 nitrogen and oxygen atoms in total. The largest absolute Gasteiger partial charge is 0.458 e. The summed E-state index contributed by atoms with van der Waals surface area (Å²) in [6, 6.07) is 6.89. The Hall–Kier alpha value is -2.25. The summed E-state index contributed by atoms with van der Waals surface area (Å²) < 4.78 is 5.98. The summed E-state index contributed by atoms with van der Waals surface area (Å²) >= 11 is 1.33. The van der Waals surface area contributed by atoms with Gasteiger partial charge in [0.2, 0.25) is 0 Å². The second-order valence-corrected chi connectivity index (χ2v) is 8.15. The minimum atomic E-state index is -1.43. The summed E-state index contributed by atoms with van der Waals surface area (Å²) in [5.41, 5.74) is 0.346. The zero-order valence-corrected chi connectivity index (χ0v) is 15.0. The average molecular weight is 370 g/mol. The van der Waals surface area contributed by atoms with Crippen molar-refractivity contribution in [3.05, 3.63) is 53.6 Å². The Kier molecular flexibility index (Phi) is 3.16. The zero-order valence-electron chi connectivity index (χ0n) is 14.1. The number of hydrogen-bond donors (Lipinski definition) is 2. The monoisotopic (exact) mass is 370 g/mol. The lowest BCUT2D eigenvalue weighted by atomic mass is 9.96. The number of carbonyl (C=O) groups is 2. The summed E-state index contributed by atoms with van der Waals surface area (Å²) in [7, 11) is 0. The maximum atomic E-state index is 13.6. The number of aliphatic hydroxyl groups excluding tert-OH is 1. The zero-order chi connectivity index (χ0) is 18.1. The van der Waals surface area contributed by atoms with Crippen LogP contribution in [0.25, 0.3) is 0 Å². The van der Waals surface area contributed by atoms with Crippen molar-refractivity contribution in [1.82, 2.24) is 10.2 Å². The Morgan fingerprint density at radius 2 is 2.12 bits per heavy atom. The van der Waals surface area contributed by atoms with Gasteiger partial charge in [-0.25, -0.2) is 0 Å². The van der Waals surface area contributed by atoms with Crippen LogP contribution in [-0.2, 0) is 16.0 Å². The van der Waals surface area contributed by atoms with Crippen LogP contribution in [-0.4, -0.2) is 50.8 Å². The van der Waals surface area contributed by atoms with Gasteiger partial charge in [0, 0.05) is 18.4 Å². The standard InChI is InChI=1S/C19H18N2O4S/c1-26-19-10-12-6-4-7-13(22)15(12)21(19)17(24)18(20-16(19)23)9-11-5-2-3-8-14(11)25-18/h2-8,13,15,22H,9-10H2,1H3,(H,20,23)/t13-,15-,18+,19+/m0/s1. The third kappa shape index (κ3) is 1.82. The summed E-state index contributed by atoms with van der Waals surface area (Å²) in [5.74, 6) is 0.0576. The number of benzene rings is 1. The van der Waals surface area contributed by atoms with E-state index in [9.17, 15) is 14.7 Å². The second kappa shape index (κ2) is 5.14. The number of thioether (sulfide) groups is 1. The molecule has 0 radical (unpaired) electrons. The van der Waals surface area contributed by atoms with Crippen LogP contribution >= 0.6 is 11.8 Å². The van der Waals surface area contributed by atoms with Crippen LogP contribution in [0, 0.1) is 0 Å². The normalized spacial score (nSPS) is 37.0. The summed E-state index contributed by atoms with van der Waals surface area (Å²) in [5, 5.41) is 13.4. The van der Waals surface area contributed by atoms with E-state index in [-0.39, 0.29) is 18.2 Å². The van der Waals surface area contributed by atoms with Gasteiger partial charge in [-0.1, -0.05) is 36.4 Å². The Balaban J connectivity index is 1.62. The lowest BCUT2D eigenvalue weighted by molar-refractivity contribution is -0.170. The number of para-hydroxylation sites is 1. The van der Waals surface area contributed by atoms with E-state index in [2.05, 4.69) is 5.32 Å². The molecule has 3 heterocycles. The number of allylic oxidation sites excluding steroid dienone is 2. The van der Waals surface area contributed by atoms with Crippen LogP contribution < -0.4 is 10.1 Å². The molecule has 0 bridgehead atoms. The van der Waals surface area contributed by atoms with Gasteiger partial charge in [0.05, 0.1) is 12.1 Å². The predicted molar refractivity (Wildman–Crippen MR) is 96.4 cm³/mol. The van der Waals surface area contributed by atoms with E-state index < -0.39 is 22.7 Å². The van der Waals surface area contributed by atoms with Gasteiger partial charge in [-0.2, -0.15) is 0 Å². The van der Waals surface area contributed by atoms with Gasteiger partial charge in [0.1, 0.15) is 5.75 Å². The molecule has 134 valence electrons. The van der Waals surface area contributed by atoms with Crippen molar-refractivity contribution in [3.63, 3.8) is 0 Å². The first-order chi connectivity index (χ1) is 12.5. The molecular formula is C19H18N2O4S. The molecule has 1 aromatic rings. The first-order valence-electron chi connectivity index (χ1n) is 8.54. The Morgan fingerprint density at radius 1 is 1.31 bits per heavy atom. The molecule has 2 fully saturated rings. The van der Waals surface area contributed by atoms with Crippen molar-refractivity contribution in [1.29, 1.82) is 0 Å². The van der Waals surface area contributed by atoms with Gasteiger partial charge in [0.15, 0.2) is 4.87 Å². The highest BCUT2D eigenvalue weighted by Crippen LogP contribution is 2.51. The highest BCUT2D eigenvalue weighted by Gasteiger charge is 2.67. The Morgan fingerprint density at radius 3 is 2.88 bits per heavy atom. The Labute approximate surface area is 154 Å². The molecule has 4 atom stereocenters. The summed E-state index contributed by atoms with van der Waals surface area (Å²) in [6.07, 6.45) is 7.00. The number of rotatable bonds is 1. The molecule has 0 saturated carbocycles. The van der Waals surface area contributed by atoms with E-state index >= 15 is 0 Å². The van der Waals surface area contributed by atoms with Crippen molar-refractivity contribution in [2.24, 2.45) is 0 Å². The van der Waals surface area contributed by atoms with Crippen molar-refractivity contribution in [3.8, 4) is 5.75 Å². The van der Waals surface area contributed by atoms with Crippen LogP contribution in [0.15, 0.2) is 48.1 Å². The maximum absolute atomic E-state index is 13.6. The van der Waals surface area contributed by atoms with Gasteiger partial charge >= 0.3 is 0 Å². The molecule has 3 aliphatic heterocycles. The van der Waals surface area contributed by atoms with Crippen molar-refractivity contribution in [2.75, 3.05) is 6.26 Å². The van der Waals surface area contributed by atoms with Crippen LogP contribution in [0.5, 0.6) is 5.75 Å². The van der Waals surface area contributed by atoms with Crippen LogP contribution in [0.1, 0.15) is 12.0 Å². The van der Waals surface area contributed by atoms with E-state index in [0.29, 0.717) is 12.2 Å². The van der Waals surface area contributed by atoms with Gasteiger partial charge in [0.25, 0.3) is 17.5 Å². The third-order valence-corrected chi connectivity index (χ3v) is 6.90. The SMILES string of the molecule is CS[C@@]12CC3=CC=C[C@H](O)[C@H]3N1C(=O)[C@]1(Cc3ccccc3O1)NC2=O. The molecule has 2 amide bonds. The fraction of sp³-hybridized carbons (Fsp3) is 0.368. The molecule has 0 aromatic heterocycles. The highest BCUT2D eigenvalue weighted by atomic mass is 32.2. The summed E-state index contributed by atoms with van der Waals surface area (Å²) in [4.78, 5) is 27.3. The molecule has 26 heavy (non-hydrogen) atoms. The van der Waals surface area contributed by atoms with Crippen molar-refractivity contribution < 1.29 is 19.4 Å². The fourth-order valence-electron chi connectivity index (χ4n) is 4.49. The lowest BCUT2D eigenvalue weighted by Gasteiger charge is -2.48. The highest BCUT2D eigenvalue weighted by molar-refractivity contribution is 8.00. The number of nitrogens with zero attached hydrogens (tertiary/aromatic N) is 1. The topological polar surface area (TPSA) is 78.9 Å². The molecule has 1 spiro atoms. The minimum Gasteiger partial charge on any atom is -0.458 e. The fourth-order valence-corrected chi connectivity index (χ4v) is 5.43. The van der Waals surface area contributed by atoms with E-state index in [1.54, 1.807) is 23.1 Å². The third-order valence-electron chi connectivity index (χ3n) is 5.70. The molecule has 5 rings (SSSR count). The van der Waals surface area contributed by atoms with Gasteiger partial charge in [-0.15, -0.1) is 11.8 Å². The first kappa shape index (κ1) is 16.0. The molecule has 2 N–H and O–H groups in total. The summed E-state index contributed by atoms with van der Waals surface area (Å²) in [6.45, 7) is 0. The number of aliphatic hydroxyl groups is 1. The molecule has 2 saturated heterocycles. The number of amides is 2. The molecule has 0 unspecified atom stereocenters. The number of ether oxygens (including phenoxy) is 1. The Bertz CT molecular complexity index is 870. The van der Waals surface area contributed by atoms with Crippen LogP contribution in [0.2, 0.25) is 0 Å². The molecule has 4 aliphatic rings. The van der Waals surface area contributed by atoms with Gasteiger partial charge in [-0.3, -0.25) is 9.59 Å². The van der Waals surface area contributed by atoms with Crippen LogP contribution in [0.3, 0.4) is 0 Å².